The maximum absolute atomic E-state index is 12.1. The number of likely N-dealkylation sites (tertiary alicyclic amines) is 1. The summed E-state index contributed by atoms with van der Waals surface area (Å²) in [5, 5.41) is 4.24. The Morgan fingerprint density at radius 1 is 1.46 bits per heavy atom. The summed E-state index contributed by atoms with van der Waals surface area (Å²) in [6, 6.07) is 2.77. The van der Waals surface area contributed by atoms with Crippen molar-refractivity contribution in [1.82, 2.24) is 15.5 Å². The molecule has 2 rings (SSSR count). The molecule has 1 aromatic heterocycles. The molecule has 0 spiro atoms. The molecule has 0 bridgehead atoms. The zero-order chi connectivity index (χ0) is 17.7. The summed E-state index contributed by atoms with van der Waals surface area (Å²) >= 11 is 0. The van der Waals surface area contributed by atoms with Gasteiger partial charge in [-0.3, -0.25) is 19.7 Å². The number of hydrogen-bond donors (Lipinski definition) is 2. The molecule has 0 aromatic carbocycles. The van der Waals surface area contributed by atoms with Crippen molar-refractivity contribution in [3.8, 4) is 0 Å². The molecule has 1 fully saturated rings. The average molecular weight is 337 g/mol. The van der Waals surface area contributed by atoms with Gasteiger partial charge in [-0.05, 0) is 19.1 Å². The first-order valence-corrected chi connectivity index (χ1v) is 7.44. The Labute approximate surface area is 138 Å². The molecule has 2 heterocycles. The second kappa shape index (κ2) is 7.62. The van der Waals surface area contributed by atoms with Gasteiger partial charge in [0.05, 0.1) is 18.7 Å². The van der Waals surface area contributed by atoms with E-state index in [4.69, 9.17) is 9.15 Å². The Balaban J connectivity index is 1.85. The van der Waals surface area contributed by atoms with Crippen LogP contribution in [-0.4, -0.2) is 48.4 Å². The van der Waals surface area contributed by atoms with E-state index < -0.39 is 29.9 Å². The summed E-state index contributed by atoms with van der Waals surface area (Å²) in [5.74, 6) is -1.60. The van der Waals surface area contributed by atoms with E-state index in [-0.39, 0.29) is 25.4 Å². The highest BCUT2D eigenvalue weighted by molar-refractivity contribution is 5.97. The van der Waals surface area contributed by atoms with Crippen LogP contribution in [0.5, 0.6) is 0 Å². The Morgan fingerprint density at radius 2 is 2.21 bits per heavy atom. The number of furan rings is 1. The van der Waals surface area contributed by atoms with Crippen LogP contribution in [0.15, 0.2) is 22.8 Å². The number of amides is 4. The third-order valence-electron chi connectivity index (χ3n) is 3.60. The summed E-state index contributed by atoms with van der Waals surface area (Å²) in [6.07, 6.45) is 0.390. The zero-order valence-electron chi connectivity index (χ0n) is 13.4. The van der Waals surface area contributed by atoms with E-state index in [1.54, 1.807) is 12.1 Å². The van der Waals surface area contributed by atoms with Gasteiger partial charge in [-0.2, -0.15) is 0 Å². The fraction of sp³-hybridized carbons (Fsp3) is 0.467. The van der Waals surface area contributed by atoms with Crippen molar-refractivity contribution in [2.45, 2.75) is 26.0 Å². The molecule has 1 aromatic rings. The molecule has 0 unspecified atom stereocenters. The lowest BCUT2D eigenvalue weighted by Gasteiger charge is -2.16. The summed E-state index contributed by atoms with van der Waals surface area (Å²) in [4.78, 5) is 48.3. The lowest BCUT2D eigenvalue weighted by atomic mass is 10.1. The normalized spacial score (nSPS) is 18.2. The highest BCUT2D eigenvalue weighted by Crippen LogP contribution is 2.22. The Morgan fingerprint density at radius 3 is 2.83 bits per heavy atom. The van der Waals surface area contributed by atoms with Crippen molar-refractivity contribution in [3.63, 3.8) is 0 Å². The lowest BCUT2D eigenvalue weighted by Crippen LogP contribution is -2.44. The minimum absolute atomic E-state index is 0.0172. The number of esters is 1. The molecule has 0 radical (unpaired) electrons. The number of rotatable bonds is 5. The molecule has 130 valence electrons. The van der Waals surface area contributed by atoms with Crippen molar-refractivity contribution in [3.05, 3.63) is 24.2 Å². The van der Waals surface area contributed by atoms with Gasteiger partial charge in [0.25, 0.3) is 5.91 Å². The van der Waals surface area contributed by atoms with Crippen LogP contribution in [0.25, 0.3) is 0 Å². The molecule has 4 amide bonds. The number of nitrogens with one attached hydrogen (secondary N) is 2. The number of ether oxygens (including phenoxy) is 1. The van der Waals surface area contributed by atoms with Gasteiger partial charge in [-0.25, -0.2) is 4.79 Å². The van der Waals surface area contributed by atoms with Gasteiger partial charge >= 0.3 is 12.0 Å². The first-order valence-electron chi connectivity index (χ1n) is 7.44. The summed E-state index contributed by atoms with van der Waals surface area (Å²) in [6.45, 7) is 1.83. The predicted octanol–water partition coefficient (Wildman–Crippen LogP) is 0.0154. The van der Waals surface area contributed by atoms with E-state index in [1.165, 1.54) is 25.1 Å². The number of nitrogens with zero attached hydrogens (tertiary/aromatic N) is 1. The van der Waals surface area contributed by atoms with E-state index in [1.807, 2.05) is 5.32 Å². The molecule has 24 heavy (non-hydrogen) atoms. The van der Waals surface area contributed by atoms with Crippen molar-refractivity contribution in [2.24, 2.45) is 5.92 Å². The molecule has 0 saturated carbocycles. The van der Waals surface area contributed by atoms with Gasteiger partial charge < -0.3 is 19.4 Å². The minimum Gasteiger partial charge on any atom is -0.467 e. The first kappa shape index (κ1) is 17.5. The van der Waals surface area contributed by atoms with Gasteiger partial charge in [0, 0.05) is 20.0 Å². The summed E-state index contributed by atoms with van der Waals surface area (Å²) in [5.41, 5.74) is 0. The van der Waals surface area contributed by atoms with Gasteiger partial charge in [0.2, 0.25) is 5.91 Å². The van der Waals surface area contributed by atoms with E-state index >= 15 is 0 Å². The van der Waals surface area contributed by atoms with Crippen molar-refractivity contribution >= 4 is 23.8 Å². The van der Waals surface area contributed by atoms with Gasteiger partial charge in [0.15, 0.2) is 6.10 Å². The van der Waals surface area contributed by atoms with Crippen LogP contribution in [-0.2, 0) is 25.7 Å². The average Bonchev–Trinajstić information content (AvgIpc) is 3.17. The molecular weight excluding hydrogens is 318 g/mol. The summed E-state index contributed by atoms with van der Waals surface area (Å²) < 4.78 is 10.2. The maximum Gasteiger partial charge on any atom is 0.321 e. The number of urea groups is 1. The topological polar surface area (TPSA) is 118 Å². The fourth-order valence-electron chi connectivity index (χ4n) is 2.27. The van der Waals surface area contributed by atoms with Crippen LogP contribution in [0.3, 0.4) is 0 Å². The van der Waals surface area contributed by atoms with E-state index in [0.717, 1.165) is 0 Å². The van der Waals surface area contributed by atoms with Crippen molar-refractivity contribution < 1.29 is 28.3 Å². The van der Waals surface area contributed by atoms with Crippen LogP contribution in [0.2, 0.25) is 0 Å². The standard InChI is InChI=1S/C15H19N3O6/c1-9(13(20)17-15(22)16-2)24-14(21)10-6-12(19)18(7-10)8-11-4-3-5-23-11/h3-5,9-10H,6-8H2,1-2H3,(H2,16,17,20,22)/t9-,10+/m1/s1. The molecule has 1 aliphatic rings. The largest absolute Gasteiger partial charge is 0.467 e. The van der Waals surface area contributed by atoms with Crippen LogP contribution in [0, 0.1) is 5.92 Å². The quantitative estimate of drug-likeness (QED) is 0.731. The molecule has 9 nitrogen and oxygen atoms in total. The highest BCUT2D eigenvalue weighted by atomic mass is 16.5. The molecular formula is C15H19N3O6. The van der Waals surface area contributed by atoms with Gasteiger partial charge in [-0.1, -0.05) is 0 Å². The predicted molar refractivity (Wildman–Crippen MR) is 80.4 cm³/mol. The molecule has 2 N–H and O–H groups in total. The SMILES string of the molecule is CNC(=O)NC(=O)[C@@H](C)OC(=O)[C@H]1CC(=O)N(Cc2ccco2)C1. The number of carbonyl (C=O) groups is 4. The summed E-state index contributed by atoms with van der Waals surface area (Å²) in [7, 11) is 1.36. The Hall–Kier alpha value is -2.84. The van der Waals surface area contributed by atoms with Crippen LogP contribution < -0.4 is 10.6 Å². The van der Waals surface area contributed by atoms with Crippen molar-refractivity contribution in [1.29, 1.82) is 0 Å². The Kier molecular flexibility index (Phi) is 5.56. The second-order valence-corrected chi connectivity index (χ2v) is 5.40. The molecule has 1 aliphatic heterocycles. The lowest BCUT2D eigenvalue weighted by molar-refractivity contribution is -0.158. The third-order valence-corrected chi connectivity index (χ3v) is 3.60. The zero-order valence-corrected chi connectivity index (χ0v) is 13.4. The molecule has 2 atom stereocenters. The van der Waals surface area contributed by atoms with Gasteiger partial charge in [0.1, 0.15) is 5.76 Å². The van der Waals surface area contributed by atoms with E-state index in [0.29, 0.717) is 5.76 Å². The molecule has 9 heteroatoms. The van der Waals surface area contributed by atoms with E-state index in [2.05, 4.69) is 5.32 Å². The maximum atomic E-state index is 12.1. The number of carbonyl (C=O) groups excluding carboxylic acids is 4. The van der Waals surface area contributed by atoms with Gasteiger partial charge in [-0.15, -0.1) is 0 Å². The minimum atomic E-state index is -1.14. The number of hydrogen-bond acceptors (Lipinski definition) is 6. The monoisotopic (exact) mass is 337 g/mol. The Bertz CT molecular complexity index is 627. The fourth-order valence-corrected chi connectivity index (χ4v) is 2.27. The molecule has 0 aliphatic carbocycles. The van der Waals surface area contributed by atoms with E-state index in [9.17, 15) is 19.2 Å². The van der Waals surface area contributed by atoms with Crippen molar-refractivity contribution in [2.75, 3.05) is 13.6 Å². The first-order chi connectivity index (χ1) is 11.4. The smallest absolute Gasteiger partial charge is 0.321 e. The van der Waals surface area contributed by atoms with Crippen LogP contribution in [0.1, 0.15) is 19.1 Å². The third kappa shape index (κ3) is 4.34. The van der Waals surface area contributed by atoms with Crippen LogP contribution >= 0.6 is 0 Å². The van der Waals surface area contributed by atoms with Crippen LogP contribution in [0.4, 0.5) is 4.79 Å². The highest BCUT2D eigenvalue weighted by Gasteiger charge is 2.37. The molecule has 1 saturated heterocycles. The second-order valence-electron chi connectivity index (χ2n) is 5.40. The number of imide groups is 1.